The SMILES string of the molecule is CCC(CCCC(=N)C(=O)O)CN1CCC1. The Kier molecular flexibility index (Phi) is 5.46. The predicted octanol–water partition coefficient (Wildman–Crippen LogP) is 1.99. The third kappa shape index (κ3) is 4.31. The first kappa shape index (κ1) is 13.2. The van der Waals surface area contributed by atoms with Crippen LogP contribution in [0.4, 0.5) is 0 Å². The number of rotatable bonds is 8. The fraction of sp³-hybridized carbons (Fsp3) is 0.833. The van der Waals surface area contributed by atoms with Crippen molar-refractivity contribution in [2.45, 2.75) is 39.0 Å². The van der Waals surface area contributed by atoms with E-state index in [1.165, 1.54) is 19.5 Å². The number of carboxylic acid groups (broad SMARTS) is 1. The highest BCUT2D eigenvalue weighted by molar-refractivity contribution is 6.34. The molecular formula is C12H22N2O2. The van der Waals surface area contributed by atoms with Gasteiger partial charge in [0, 0.05) is 6.54 Å². The molecular weight excluding hydrogens is 204 g/mol. The maximum atomic E-state index is 10.4. The van der Waals surface area contributed by atoms with Gasteiger partial charge in [0.1, 0.15) is 5.71 Å². The number of hydrogen-bond donors (Lipinski definition) is 2. The molecule has 1 aliphatic heterocycles. The highest BCUT2D eigenvalue weighted by Crippen LogP contribution is 2.17. The molecule has 1 rings (SSSR count). The van der Waals surface area contributed by atoms with E-state index in [1.807, 2.05) is 0 Å². The van der Waals surface area contributed by atoms with E-state index in [4.69, 9.17) is 10.5 Å². The summed E-state index contributed by atoms with van der Waals surface area (Å²) >= 11 is 0. The Morgan fingerprint density at radius 1 is 1.50 bits per heavy atom. The Morgan fingerprint density at radius 2 is 2.19 bits per heavy atom. The molecule has 0 radical (unpaired) electrons. The smallest absolute Gasteiger partial charge is 0.349 e. The summed E-state index contributed by atoms with van der Waals surface area (Å²) in [5.41, 5.74) is -0.154. The normalized spacial score (nSPS) is 17.8. The summed E-state index contributed by atoms with van der Waals surface area (Å²) in [5.74, 6) is -0.405. The zero-order chi connectivity index (χ0) is 12.0. The fourth-order valence-electron chi connectivity index (χ4n) is 2.03. The summed E-state index contributed by atoms with van der Waals surface area (Å²) in [7, 11) is 0. The van der Waals surface area contributed by atoms with E-state index in [9.17, 15) is 4.79 Å². The van der Waals surface area contributed by atoms with E-state index in [2.05, 4.69) is 11.8 Å². The monoisotopic (exact) mass is 226 g/mol. The summed E-state index contributed by atoms with van der Waals surface area (Å²) in [5, 5.41) is 15.8. The molecule has 0 amide bonds. The van der Waals surface area contributed by atoms with Gasteiger partial charge in [-0.2, -0.15) is 0 Å². The number of nitrogens with zero attached hydrogens (tertiary/aromatic N) is 1. The third-order valence-corrected chi connectivity index (χ3v) is 3.34. The first-order valence-electron chi connectivity index (χ1n) is 6.16. The molecule has 16 heavy (non-hydrogen) atoms. The average Bonchev–Trinajstić information content (AvgIpc) is 2.19. The first-order valence-corrected chi connectivity index (χ1v) is 6.16. The van der Waals surface area contributed by atoms with Crippen molar-refractivity contribution in [1.29, 1.82) is 5.41 Å². The summed E-state index contributed by atoms with van der Waals surface area (Å²) in [6, 6.07) is 0. The Hall–Kier alpha value is -0.900. The molecule has 0 aliphatic carbocycles. The maximum absolute atomic E-state index is 10.4. The van der Waals surface area contributed by atoms with Crippen molar-refractivity contribution < 1.29 is 9.90 Å². The van der Waals surface area contributed by atoms with Crippen molar-refractivity contribution in [2.24, 2.45) is 5.92 Å². The molecule has 1 atom stereocenters. The molecule has 92 valence electrons. The third-order valence-electron chi connectivity index (χ3n) is 3.34. The van der Waals surface area contributed by atoms with Crippen molar-refractivity contribution in [1.82, 2.24) is 4.90 Å². The van der Waals surface area contributed by atoms with E-state index in [-0.39, 0.29) is 5.71 Å². The molecule has 4 heteroatoms. The molecule has 2 N–H and O–H groups in total. The van der Waals surface area contributed by atoms with Crippen molar-refractivity contribution in [3.63, 3.8) is 0 Å². The lowest BCUT2D eigenvalue weighted by Gasteiger charge is -2.33. The second-order valence-electron chi connectivity index (χ2n) is 4.60. The van der Waals surface area contributed by atoms with Crippen LogP contribution in [0.3, 0.4) is 0 Å². The lowest BCUT2D eigenvalue weighted by atomic mass is 9.96. The van der Waals surface area contributed by atoms with Crippen molar-refractivity contribution >= 4 is 11.7 Å². The molecule has 0 spiro atoms. The van der Waals surface area contributed by atoms with Crippen LogP contribution in [0, 0.1) is 11.3 Å². The molecule has 0 bridgehead atoms. The predicted molar refractivity (Wildman–Crippen MR) is 64.1 cm³/mol. The van der Waals surface area contributed by atoms with Crippen LogP contribution >= 0.6 is 0 Å². The Labute approximate surface area is 97.1 Å². The van der Waals surface area contributed by atoms with E-state index in [0.717, 1.165) is 25.8 Å². The van der Waals surface area contributed by atoms with Gasteiger partial charge in [-0.05, 0) is 44.7 Å². The van der Waals surface area contributed by atoms with Gasteiger partial charge >= 0.3 is 5.97 Å². The summed E-state index contributed by atoms with van der Waals surface area (Å²) in [6.07, 6.45) is 4.75. The van der Waals surface area contributed by atoms with Gasteiger partial charge < -0.3 is 10.0 Å². The van der Waals surface area contributed by atoms with Crippen LogP contribution in [0.15, 0.2) is 0 Å². The van der Waals surface area contributed by atoms with Gasteiger partial charge in [0.15, 0.2) is 0 Å². The zero-order valence-corrected chi connectivity index (χ0v) is 10.0. The summed E-state index contributed by atoms with van der Waals surface area (Å²) < 4.78 is 0. The molecule has 0 saturated carbocycles. The van der Waals surface area contributed by atoms with Crippen LogP contribution < -0.4 is 0 Å². The van der Waals surface area contributed by atoms with Gasteiger partial charge in [0.2, 0.25) is 0 Å². The average molecular weight is 226 g/mol. The fourth-order valence-corrected chi connectivity index (χ4v) is 2.03. The molecule has 1 saturated heterocycles. The molecule has 0 aromatic rings. The second kappa shape index (κ2) is 6.63. The summed E-state index contributed by atoms with van der Waals surface area (Å²) in [6.45, 7) is 5.78. The first-order chi connectivity index (χ1) is 7.63. The van der Waals surface area contributed by atoms with Gasteiger partial charge in [-0.25, -0.2) is 4.79 Å². The van der Waals surface area contributed by atoms with Crippen LogP contribution in [-0.2, 0) is 4.79 Å². The number of nitrogens with one attached hydrogen (secondary N) is 1. The van der Waals surface area contributed by atoms with E-state index in [0.29, 0.717) is 12.3 Å². The van der Waals surface area contributed by atoms with E-state index in [1.54, 1.807) is 0 Å². The van der Waals surface area contributed by atoms with Gasteiger partial charge in [0.25, 0.3) is 0 Å². The highest BCUT2D eigenvalue weighted by Gasteiger charge is 2.18. The number of carboxylic acids is 1. The molecule has 1 fully saturated rings. The molecule has 1 aliphatic rings. The minimum Gasteiger partial charge on any atom is -0.477 e. The number of carbonyl (C=O) groups is 1. The van der Waals surface area contributed by atoms with E-state index >= 15 is 0 Å². The van der Waals surface area contributed by atoms with E-state index < -0.39 is 5.97 Å². The number of likely N-dealkylation sites (tertiary alicyclic amines) is 1. The van der Waals surface area contributed by atoms with Gasteiger partial charge in [-0.1, -0.05) is 13.3 Å². The number of aliphatic carboxylic acids is 1. The largest absolute Gasteiger partial charge is 0.477 e. The van der Waals surface area contributed by atoms with Crippen LogP contribution in [0.25, 0.3) is 0 Å². The lowest BCUT2D eigenvalue weighted by Crippen LogP contribution is -2.40. The van der Waals surface area contributed by atoms with Crippen LogP contribution in [0.1, 0.15) is 39.0 Å². The molecule has 0 aromatic carbocycles. The van der Waals surface area contributed by atoms with Crippen LogP contribution in [0.5, 0.6) is 0 Å². The molecule has 0 aromatic heterocycles. The van der Waals surface area contributed by atoms with Crippen molar-refractivity contribution in [2.75, 3.05) is 19.6 Å². The van der Waals surface area contributed by atoms with Crippen LogP contribution in [0.2, 0.25) is 0 Å². The Morgan fingerprint density at radius 3 is 2.62 bits per heavy atom. The second-order valence-corrected chi connectivity index (χ2v) is 4.60. The number of hydrogen-bond acceptors (Lipinski definition) is 3. The minimum atomic E-state index is -1.07. The molecule has 4 nitrogen and oxygen atoms in total. The topological polar surface area (TPSA) is 64.4 Å². The van der Waals surface area contributed by atoms with Crippen molar-refractivity contribution in [3.05, 3.63) is 0 Å². The Balaban J connectivity index is 2.12. The maximum Gasteiger partial charge on any atom is 0.349 e. The quantitative estimate of drug-likeness (QED) is 0.622. The van der Waals surface area contributed by atoms with Crippen LogP contribution in [-0.4, -0.2) is 41.3 Å². The zero-order valence-electron chi connectivity index (χ0n) is 10.0. The lowest BCUT2D eigenvalue weighted by molar-refractivity contribution is -0.129. The summed E-state index contributed by atoms with van der Waals surface area (Å²) in [4.78, 5) is 12.9. The Bertz CT molecular complexity index is 249. The van der Waals surface area contributed by atoms with Gasteiger partial charge in [0.05, 0.1) is 0 Å². The van der Waals surface area contributed by atoms with Gasteiger partial charge in [-0.3, -0.25) is 5.41 Å². The van der Waals surface area contributed by atoms with Crippen molar-refractivity contribution in [3.8, 4) is 0 Å². The molecule has 1 unspecified atom stereocenters. The standard InChI is InChI=1S/C12H22N2O2/c1-2-10(9-14-7-4-8-14)5-3-6-11(13)12(15)16/h10,13H,2-9H2,1H3,(H,15,16). The highest BCUT2D eigenvalue weighted by atomic mass is 16.4. The molecule has 1 heterocycles. The minimum absolute atomic E-state index is 0.154. The van der Waals surface area contributed by atoms with Gasteiger partial charge in [-0.15, -0.1) is 0 Å².